The lowest BCUT2D eigenvalue weighted by Gasteiger charge is -2.32. The van der Waals surface area contributed by atoms with Crippen LogP contribution in [0.1, 0.15) is 18.9 Å². The highest BCUT2D eigenvalue weighted by Crippen LogP contribution is 2.38. The molecule has 0 saturated carbocycles. The topological polar surface area (TPSA) is 70.8 Å². The van der Waals surface area contributed by atoms with Crippen LogP contribution in [0.15, 0.2) is 18.2 Å². The number of hydrogen-bond donors (Lipinski definition) is 1. The number of ether oxygens (including phenoxy) is 3. The van der Waals surface area contributed by atoms with E-state index < -0.39 is 11.9 Å². The van der Waals surface area contributed by atoms with Gasteiger partial charge in [-0.1, -0.05) is 42.3 Å². The predicted molar refractivity (Wildman–Crippen MR) is 72.1 cm³/mol. The van der Waals surface area contributed by atoms with Crippen molar-refractivity contribution in [3.63, 3.8) is 0 Å². The first-order chi connectivity index (χ1) is 8.96. The van der Waals surface area contributed by atoms with Crippen LogP contribution in [-0.4, -0.2) is 20.0 Å². The molecule has 0 aliphatic carbocycles. The van der Waals surface area contributed by atoms with Crippen LogP contribution < -0.4 is 5.73 Å². The summed E-state index contributed by atoms with van der Waals surface area (Å²) in [6.45, 7) is 1.67. The molecule has 0 bridgehead atoms. The molecule has 1 rings (SSSR count). The monoisotopic (exact) mass is 307 g/mol. The zero-order valence-corrected chi connectivity index (χ0v) is 12.1. The van der Waals surface area contributed by atoms with Crippen LogP contribution in [0.5, 0.6) is 0 Å². The van der Waals surface area contributed by atoms with E-state index in [1.54, 1.807) is 25.1 Å². The third kappa shape index (κ3) is 3.73. The second-order valence-electron chi connectivity index (χ2n) is 3.68. The third-order valence-corrected chi connectivity index (χ3v) is 3.32. The zero-order chi connectivity index (χ0) is 14.5. The van der Waals surface area contributed by atoms with Crippen LogP contribution in [0.4, 0.5) is 4.79 Å². The lowest BCUT2D eigenvalue weighted by Crippen LogP contribution is -2.38. The number of primary amides is 1. The Morgan fingerprint density at radius 3 is 2.63 bits per heavy atom. The number of amides is 1. The van der Waals surface area contributed by atoms with E-state index in [0.717, 1.165) is 0 Å². The second kappa shape index (κ2) is 6.96. The number of benzene rings is 1. The smallest absolute Gasteiger partial charge is 0.407 e. The summed E-state index contributed by atoms with van der Waals surface area (Å²) >= 11 is 12.1. The van der Waals surface area contributed by atoms with E-state index >= 15 is 0 Å². The summed E-state index contributed by atoms with van der Waals surface area (Å²) in [5.41, 5.74) is 5.51. The molecular formula is C12H15Cl2NO4. The number of methoxy groups -OCH3 is 1. The molecular weight excluding hydrogens is 293 g/mol. The number of carbonyl (C=O) groups is 1. The molecule has 2 N–H and O–H groups in total. The van der Waals surface area contributed by atoms with Gasteiger partial charge in [0.15, 0.2) is 6.79 Å². The summed E-state index contributed by atoms with van der Waals surface area (Å²) in [6, 6.07) is 4.94. The fourth-order valence-corrected chi connectivity index (χ4v) is 2.09. The Morgan fingerprint density at radius 1 is 1.42 bits per heavy atom. The maximum Gasteiger partial charge on any atom is 0.407 e. The highest BCUT2D eigenvalue weighted by molar-refractivity contribution is 6.42. The molecule has 1 aromatic rings. The molecule has 0 heterocycles. The van der Waals surface area contributed by atoms with Crippen LogP contribution in [0.3, 0.4) is 0 Å². The van der Waals surface area contributed by atoms with E-state index in [4.69, 9.17) is 43.1 Å². The van der Waals surface area contributed by atoms with Crippen molar-refractivity contribution < 1.29 is 19.0 Å². The van der Waals surface area contributed by atoms with Crippen molar-refractivity contribution in [2.24, 2.45) is 5.73 Å². The van der Waals surface area contributed by atoms with Gasteiger partial charge < -0.3 is 19.9 Å². The summed E-state index contributed by atoms with van der Waals surface area (Å²) in [6.07, 6.45) is -0.687. The molecule has 0 saturated heterocycles. The molecule has 1 amide bonds. The molecule has 106 valence electrons. The van der Waals surface area contributed by atoms with Crippen molar-refractivity contribution in [1.29, 1.82) is 0 Å². The quantitative estimate of drug-likeness (QED) is 0.819. The standard InChI is InChI=1S/C12H15Cl2NO4/c1-3-12(18-7-17-2,19-11(15)16)8-5-4-6-9(13)10(8)14/h4-6H,3,7H2,1-2H3,(H2,15,16)/t12-/m1/s1. The molecule has 0 aliphatic heterocycles. The SMILES string of the molecule is CC[C@@](OCOC)(OC(N)=O)c1cccc(Cl)c1Cl. The first kappa shape index (κ1) is 16.0. The normalized spacial score (nSPS) is 13.9. The lowest BCUT2D eigenvalue weighted by atomic mass is 10.0. The number of nitrogens with two attached hydrogens (primary N) is 1. The Balaban J connectivity index is 3.27. The summed E-state index contributed by atoms with van der Waals surface area (Å²) in [5.74, 6) is -1.43. The van der Waals surface area contributed by atoms with E-state index in [2.05, 4.69) is 0 Å². The van der Waals surface area contributed by atoms with Gasteiger partial charge in [-0.2, -0.15) is 0 Å². The molecule has 1 aromatic carbocycles. The highest BCUT2D eigenvalue weighted by Gasteiger charge is 2.38. The third-order valence-electron chi connectivity index (χ3n) is 2.50. The van der Waals surface area contributed by atoms with Gasteiger partial charge in [0.05, 0.1) is 10.0 Å². The first-order valence-electron chi connectivity index (χ1n) is 5.52. The first-order valence-corrected chi connectivity index (χ1v) is 6.28. The number of carbonyl (C=O) groups excluding carboxylic acids is 1. The van der Waals surface area contributed by atoms with Crippen LogP contribution >= 0.6 is 23.2 Å². The van der Waals surface area contributed by atoms with Crippen LogP contribution in [0.2, 0.25) is 10.0 Å². The maximum absolute atomic E-state index is 11.1. The molecule has 0 fully saturated rings. The average Bonchev–Trinajstić information content (AvgIpc) is 2.37. The van der Waals surface area contributed by atoms with E-state index in [1.165, 1.54) is 7.11 Å². The predicted octanol–water partition coefficient (Wildman–Crippen LogP) is 3.27. The fourth-order valence-electron chi connectivity index (χ4n) is 1.64. The molecule has 19 heavy (non-hydrogen) atoms. The van der Waals surface area contributed by atoms with Gasteiger partial charge in [-0.25, -0.2) is 4.79 Å². The average molecular weight is 308 g/mol. The van der Waals surface area contributed by atoms with Gasteiger partial charge in [-0.15, -0.1) is 0 Å². The Bertz CT molecular complexity index is 455. The van der Waals surface area contributed by atoms with Crippen LogP contribution in [0, 0.1) is 0 Å². The van der Waals surface area contributed by atoms with Crippen LogP contribution in [-0.2, 0) is 20.0 Å². The van der Waals surface area contributed by atoms with Gasteiger partial charge in [0.25, 0.3) is 0 Å². The molecule has 0 unspecified atom stereocenters. The zero-order valence-electron chi connectivity index (χ0n) is 10.6. The molecule has 1 atom stereocenters. The minimum Gasteiger partial charge on any atom is -0.412 e. The minimum atomic E-state index is -1.43. The Labute approximate surface area is 121 Å². The van der Waals surface area contributed by atoms with E-state index in [-0.39, 0.29) is 11.8 Å². The lowest BCUT2D eigenvalue weighted by molar-refractivity contribution is -0.249. The van der Waals surface area contributed by atoms with Crippen molar-refractivity contribution in [3.05, 3.63) is 33.8 Å². The van der Waals surface area contributed by atoms with Gasteiger partial charge in [0.1, 0.15) is 0 Å². The largest absolute Gasteiger partial charge is 0.412 e. The molecule has 0 radical (unpaired) electrons. The number of halogens is 2. The summed E-state index contributed by atoms with van der Waals surface area (Å²) in [5, 5.41) is 0.564. The summed E-state index contributed by atoms with van der Waals surface area (Å²) < 4.78 is 15.4. The maximum atomic E-state index is 11.1. The van der Waals surface area contributed by atoms with E-state index in [9.17, 15) is 4.79 Å². The highest BCUT2D eigenvalue weighted by atomic mass is 35.5. The Kier molecular flexibility index (Phi) is 5.87. The number of hydrogen-bond acceptors (Lipinski definition) is 4. The van der Waals surface area contributed by atoms with Crippen molar-refractivity contribution in [2.45, 2.75) is 19.1 Å². The second-order valence-corrected chi connectivity index (χ2v) is 4.46. The van der Waals surface area contributed by atoms with Crippen LogP contribution in [0.25, 0.3) is 0 Å². The summed E-state index contributed by atoms with van der Waals surface area (Å²) in [7, 11) is 1.45. The Morgan fingerprint density at radius 2 is 2.11 bits per heavy atom. The van der Waals surface area contributed by atoms with Crippen molar-refractivity contribution in [1.82, 2.24) is 0 Å². The molecule has 5 nitrogen and oxygen atoms in total. The van der Waals surface area contributed by atoms with Gasteiger partial charge >= 0.3 is 6.09 Å². The van der Waals surface area contributed by atoms with Gasteiger partial charge in [0.2, 0.25) is 5.79 Å². The Hall–Kier alpha value is -1.01. The van der Waals surface area contributed by atoms with Crippen molar-refractivity contribution in [2.75, 3.05) is 13.9 Å². The number of rotatable bonds is 6. The molecule has 7 heteroatoms. The molecule has 0 spiro atoms. The van der Waals surface area contributed by atoms with Crippen molar-refractivity contribution >= 4 is 29.3 Å². The van der Waals surface area contributed by atoms with Gasteiger partial charge in [-0.05, 0) is 6.07 Å². The van der Waals surface area contributed by atoms with E-state index in [1.807, 2.05) is 0 Å². The van der Waals surface area contributed by atoms with Gasteiger partial charge in [0, 0.05) is 19.1 Å². The van der Waals surface area contributed by atoms with E-state index in [0.29, 0.717) is 17.0 Å². The fraction of sp³-hybridized carbons (Fsp3) is 0.417. The molecule has 0 aromatic heterocycles. The summed E-state index contributed by atoms with van der Waals surface area (Å²) in [4.78, 5) is 11.1. The van der Waals surface area contributed by atoms with Crippen molar-refractivity contribution in [3.8, 4) is 0 Å². The molecule has 0 aliphatic rings. The minimum absolute atomic E-state index is 0.0933. The van der Waals surface area contributed by atoms with Gasteiger partial charge in [-0.3, -0.25) is 0 Å².